The number of rotatable bonds is 2. The van der Waals surface area contributed by atoms with Crippen LogP contribution in [-0.2, 0) is 4.79 Å². The molecule has 30 heavy (non-hydrogen) atoms. The van der Waals surface area contributed by atoms with Crippen LogP contribution < -0.4 is 20.1 Å². The summed E-state index contributed by atoms with van der Waals surface area (Å²) in [5.41, 5.74) is 3.78. The second-order valence-electron chi connectivity index (χ2n) is 9.15. The van der Waals surface area contributed by atoms with Gasteiger partial charge in [-0.3, -0.25) is 4.79 Å². The number of carbonyl (C=O) groups is 1. The Bertz CT molecular complexity index is 1020. The zero-order valence-corrected chi connectivity index (χ0v) is 18.9. The first-order valence-electron chi connectivity index (χ1n) is 10.2. The van der Waals surface area contributed by atoms with Crippen molar-refractivity contribution in [1.29, 1.82) is 0 Å². The van der Waals surface area contributed by atoms with Crippen molar-refractivity contribution in [2.75, 3.05) is 0 Å². The van der Waals surface area contributed by atoms with Gasteiger partial charge in [0, 0.05) is 42.9 Å². The lowest BCUT2D eigenvalue weighted by molar-refractivity contribution is -0.131. The standard InChI is InChI=1S/C24H28N2O3S/c1-14-6-8-17(9-7-14)19-12-24(13-23(4,5)25-22(30)26-24)29-20-11-18(28-16(3)27)10-15(2)21(19)20/h6-11,19H,12-13H2,1-5H3,(H2,25,26,30)/t19-,24-/m0/s1. The molecule has 158 valence electrons. The molecule has 0 aliphatic carbocycles. The predicted octanol–water partition coefficient (Wildman–Crippen LogP) is 4.49. The number of aryl methyl sites for hydroxylation is 2. The van der Waals surface area contributed by atoms with E-state index in [1.165, 1.54) is 18.1 Å². The summed E-state index contributed by atoms with van der Waals surface area (Å²) < 4.78 is 12.0. The third kappa shape index (κ3) is 4.01. The normalized spacial score (nSPS) is 24.3. The van der Waals surface area contributed by atoms with E-state index in [4.69, 9.17) is 21.7 Å². The lowest BCUT2D eigenvalue weighted by atomic mass is 9.76. The van der Waals surface area contributed by atoms with Gasteiger partial charge >= 0.3 is 5.97 Å². The summed E-state index contributed by atoms with van der Waals surface area (Å²) in [6.07, 6.45) is 1.49. The van der Waals surface area contributed by atoms with Gasteiger partial charge in [0.25, 0.3) is 0 Å². The summed E-state index contributed by atoms with van der Waals surface area (Å²) in [5, 5.41) is 7.33. The Kier molecular flexibility index (Phi) is 5.01. The van der Waals surface area contributed by atoms with Crippen molar-refractivity contribution in [3.05, 3.63) is 58.7 Å². The van der Waals surface area contributed by atoms with E-state index in [2.05, 4.69) is 55.7 Å². The van der Waals surface area contributed by atoms with Crippen molar-refractivity contribution in [2.24, 2.45) is 0 Å². The van der Waals surface area contributed by atoms with E-state index in [1.807, 2.05) is 19.1 Å². The van der Waals surface area contributed by atoms with E-state index in [0.29, 0.717) is 10.9 Å². The van der Waals surface area contributed by atoms with E-state index in [9.17, 15) is 4.79 Å². The lowest BCUT2D eigenvalue weighted by Crippen LogP contribution is -2.69. The second kappa shape index (κ2) is 7.27. The Morgan fingerprint density at radius 2 is 1.87 bits per heavy atom. The van der Waals surface area contributed by atoms with Gasteiger partial charge in [0.1, 0.15) is 11.5 Å². The number of benzene rings is 2. The Morgan fingerprint density at radius 3 is 2.50 bits per heavy atom. The van der Waals surface area contributed by atoms with E-state index >= 15 is 0 Å². The van der Waals surface area contributed by atoms with Crippen LogP contribution in [0.3, 0.4) is 0 Å². The highest BCUT2D eigenvalue weighted by Gasteiger charge is 2.49. The highest BCUT2D eigenvalue weighted by atomic mass is 32.1. The maximum absolute atomic E-state index is 11.5. The maximum atomic E-state index is 11.5. The molecule has 2 aromatic carbocycles. The Hall–Kier alpha value is -2.60. The van der Waals surface area contributed by atoms with Crippen LogP contribution in [0.15, 0.2) is 36.4 Å². The van der Waals surface area contributed by atoms with Gasteiger partial charge in [-0.15, -0.1) is 0 Å². The zero-order chi connectivity index (χ0) is 21.7. The first kappa shape index (κ1) is 20.7. The van der Waals surface area contributed by atoms with Gasteiger partial charge < -0.3 is 20.1 Å². The van der Waals surface area contributed by atoms with Crippen molar-refractivity contribution >= 4 is 23.3 Å². The molecule has 2 aliphatic heterocycles. The van der Waals surface area contributed by atoms with Gasteiger partial charge in [-0.05, 0) is 57.1 Å². The largest absolute Gasteiger partial charge is 0.468 e. The van der Waals surface area contributed by atoms with Crippen molar-refractivity contribution in [2.45, 2.75) is 64.6 Å². The molecule has 2 aromatic rings. The number of hydrogen-bond acceptors (Lipinski definition) is 4. The molecule has 6 heteroatoms. The lowest BCUT2D eigenvalue weighted by Gasteiger charge is -2.50. The van der Waals surface area contributed by atoms with E-state index in [0.717, 1.165) is 29.7 Å². The minimum absolute atomic E-state index is 0.130. The van der Waals surface area contributed by atoms with Crippen molar-refractivity contribution in [3.8, 4) is 11.5 Å². The number of hydrogen-bond donors (Lipinski definition) is 2. The third-order valence-corrected chi connectivity index (χ3v) is 5.98. The van der Waals surface area contributed by atoms with Crippen LogP contribution in [0.2, 0.25) is 0 Å². The number of esters is 1. The Balaban J connectivity index is 1.85. The third-order valence-electron chi connectivity index (χ3n) is 5.77. The first-order valence-corrected chi connectivity index (χ1v) is 10.7. The zero-order valence-electron chi connectivity index (χ0n) is 18.1. The van der Waals surface area contributed by atoms with E-state index < -0.39 is 5.72 Å². The minimum Gasteiger partial charge on any atom is -0.468 e. The molecule has 2 N–H and O–H groups in total. The van der Waals surface area contributed by atoms with Gasteiger partial charge in [-0.2, -0.15) is 0 Å². The molecule has 2 aliphatic rings. The summed E-state index contributed by atoms with van der Waals surface area (Å²) >= 11 is 5.52. The summed E-state index contributed by atoms with van der Waals surface area (Å²) in [5.74, 6) is 1.01. The molecular weight excluding hydrogens is 396 g/mol. The number of ether oxygens (including phenoxy) is 2. The summed E-state index contributed by atoms with van der Waals surface area (Å²) in [6.45, 7) is 9.79. The van der Waals surface area contributed by atoms with Gasteiger partial charge in [0.05, 0.1) is 0 Å². The van der Waals surface area contributed by atoms with Gasteiger partial charge in [-0.1, -0.05) is 29.8 Å². The molecule has 4 rings (SSSR count). The van der Waals surface area contributed by atoms with Crippen molar-refractivity contribution in [3.63, 3.8) is 0 Å². The molecule has 0 radical (unpaired) electrons. The van der Waals surface area contributed by atoms with E-state index in [1.54, 1.807) is 0 Å². The highest BCUT2D eigenvalue weighted by Crippen LogP contribution is 2.49. The summed E-state index contributed by atoms with van der Waals surface area (Å²) in [7, 11) is 0. The molecule has 0 unspecified atom stereocenters. The Morgan fingerprint density at radius 1 is 1.17 bits per heavy atom. The van der Waals surface area contributed by atoms with Crippen LogP contribution in [0.1, 0.15) is 61.8 Å². The van der Waals surface area contributed by atoms with Gasteiger partial charge in [-0.25, -0.2) is 0 Å². The summed E-state index contributed by atoms with van der Waals surface area (Å²) in [6, 6.07) is 12.4. The van der Waals surface area contributed by atoms with Crippen molar-refractivity contribution < 1.29 is 14.3 Å². The fourth-order valence-electron chi connectivity index (χ4n) is 4.79. The average molecular weight is 425 g/mol. The van der Waals surface area contributed by atoms with Gasteiger partial charge in [0.2, 0.25) is 0 Å². The second-order valence-corrected chi connectivity index (χ2v) is 9.56. The molecule has 0 amide bonds. The number of fused-ring (bicyclic) bond motifs is 1. The van der Waals surface area contributed by atoms with Crippen LogP contribution in [-0.4, -0.2) is 22.3 Å². The number of carbonyl (C=O) groups excluding carboxylic acids is 1. The molecule has 2 atom stereocenters. The molecule has 1 saturated heterocycles. The van der Waals surface area contributed by atoms with Crippen LogP contribution in [0.25, 0.3) is 0 Å². The van der Waals surface area contributed by atoms with Crippen LogP contribution in [0.4, 0.5) is 0 Å². The minimum atomic E-state index is -0.643. The molecule has 1 fully saturated rings. The van der Waals surface area contributed by atoms with Crippen LogP contribution in [0.5, 0.6) is 11.5 Å². The first-order chi connectivity index (χ1) is 14.1. The molecule has 5 nitrogen and oxygen atoms in total. The smallest absolute Gasteiger partial charge is 0.308 e. The highest BCUT2D eigenvalue weighted by molar-refractivity contribution is 7.80. The molecule has 2 heterocycles. The SMILES string of the molecule is CC(=O)Oc1cc(C)c2c(c1)O[C@@]1(C[C@H]2c2ccc(C)cc2)CC(C)(C)NC(=S)N1. The monoisotopic (exact) mass is 424 g/mol. The molecule has 0 aromatic heterocycles. The topological polar surface area (TPSA) is 59.6 Å². The van der Waals surface area contributed by atoms with Gasteiger partial charge in [0.15, 0.2) is 10.8 Å². The average Bonchev–Trinajstić information content (AvgIpc) is 2.58. The van der Waals surface area contributed by atoms with Crippen LogP contribution in [0, 0.1) is 13.8 Å². The summed E-state index contributed by atoms with van der Waals surface area (Å²) in [4.78, 5) is 11.5. The molecule has 0 saturated carbocycles. The predicted molar refractivity (Wildman–Crippen MR) is 121 cm³/mol. The van der Waals surface area contributed by atoms with Crippen molar-refractivity contribution in [1.82, 2.24) is 10.6 Å². The Labute approximate surface area is 183 Å². The van der Waals surface area contributed by atoms with E-state index in [-0.39, 0.29) is 17.4 Å². The molecule has 1 spiro atoms. The molecule has 0 bridgehead atoms. The fraction of sp³-hybridized carbons (Fsp3) is 0.417. The molecular formula is C24H28N2O3S. The quantitative estimate of drug-likeness (QED) is 0.421. The van der Waals surface area contributed by atoms with Crippen LogP contribution >= 0.6 is 12.2 Å². The number of nitrogens with one attached hydrogen (secondary N) is 2. The maximum Gasteiger partial charge on any atom is 0.308 e. The fourth-order valence-corrected chi connectivity index (χ4v) is 5.25. The number of thiocarbonyl (C=S) groups is 1.